The van der Waals surface area contributed by atoms with Crippen LogP contribution in [0.25, 0.3) is 0 Å². The molecule has 0 amide bonds. The molecule has 122 valence electrons. The van der Waals surface area contributed by atoms with Gasteiger partial charge < -0.3 is 5.32 Å². The predicted molar refractivity (Wildman–Crippen MR) is 81.1 cm³/mol. The molecule has 8 heteroatoms. The molecule has 1 aromatic rings. The van der Waals surface area contributed by atoms with Gasteiger partial charge in [-0.25, -0.2) is 4.98 Å². The van der Waals surface area contributed by atoms with Crippen molar-refractivity contribution in [3.63, 3.8) is 0 Å². The van der Waals surface area contributed by atoms with E-state index in [1.165, 1.54) is 0 Å². The number of aromatic nitrogens is 1. The van der Waals surface area contributed by atoms with Crippen molar-refractivity contribution < 1.29 is 13.2 Å². The molecular formula is C13H21ClF3N3S. The molecule has 1 atom stereocenters. The van der Waals surface area contributed by atoms with Gasteiger partial charge in [0.25, 0.3) is 0 Å². The maximum absolute atomic E-state index is 13.0. The molecule has 1 unspecified atom stereocenters. The maximum Gasteiger partial charge on any atom is 0.434 e. The van der Waals surface area contributed by atoms with Crippen molar-refractivity contribution in [2.24, 2.45) is 0 Å². The molecule has 3 nitrogen and oxygen atoms in total. The van der Waals surface area contributed by atoms with E-state index in [4.69, 9.17) is 0 Å². The van der Waals surface area contributed by atoms with E-state index in [2.05, 4.69) is 22.1 Å². The minimum Gasteiger partial charge on any atom is -0.315 e. The first-order valence-electron chi connectivity index (χ1n) is 6.90. The maximum atomic E-state index is 13.0. The lowest BCUT2D eigenvalue weighted by molar-refractivity contribution is -0.141. The first-order chi connectivity index (χ1) is 9.41. The molecule has 1 aliphatic rings. The zero-order valence-corrected chi connectivity index (χ0v) is 13.8. The fraction of sp³-hybridized carbons (Fsp3) is 0.769. The number of aryl methyl sites for hydroxylation is 1. The van der Waals surface area contributed by atoms with Crippen LogP contribution in [0.4, 0.5) is 13.2 Å². The van der Waals surface area contributed by atoms with Crippen LogP contribution in [-0.2, 0) is 12.7 Å². The highest BCUT2D eigenvalue weighted by Crippen LogP contribution is 2.35. The van der Waals surface area contributed by atoms with Crippen LogP contribution in [-0.4, -0.2) is 35.6 Å². The van der Waals surface area contributed by atoms with Crippen molar-refractivity contribution >= 4 is 23.7 Å². The van der Waals surface area contributed by atoms with Crippen LogP contribution in [0.15, 0.2) is 0 Å². The average Bonchev–Trinajstić information content (AvgIpc) is 2.96. The van der Waals surface area contributed by atoms with E-state index in [0.29, 0.717) is 22.5 Å². The standard InChI is InChI=1S/C13H20F3N3S.ClH/c1-3-6-19(10-4-5-17-7-10)8-11-12(13(14,15)16)18-9(2)20-11;/h10,17H,3-8H2,1-2H3;1H. The summed E-state index contributed by atoms with van der Waals surface area (Å²) in [4.78, 5) is 6.17. The van der Waals surface area contributed by atoms with Gasteiger partial charge in [-0.05, 0) is 32.9 Å². The van der Waals surface area contributed by atoms with Crippen molar-refractivity contribution in [2.75, 3.05) is 19.6 Å². The Morgan fingerprint density at radius 1 is 1.43 bits per heavy atom. The Labute approximate surface area is 133 Å². The summed E-state index contributed by atoms with van der Waals surface area (Å²) >= 11 is 1.16. The van der Waals surface area contributed by atoms with Crippen LogP contribution >= 0.6 is 23.7 Å². The van der Waals surface area contributed by atoms with Crippen molar-refractivity contribution in [3.8, 4) is 0 Å². The van der Waals surface area contributed by atoms with Gasteiger partial charge >= 0.3 is 6.18 Å². The van der Waals surface area contributed by atoms with Gasteiger partial charge in [0.15, 0.2) is 5.69 Å². The highest BCUT2D eigenvalue weighted by atomic mass is 35.5. The van der Waals surface area contributed by atoms with E-state index in [1.807, 2.05) is 0 Å². The van der Waals surface area contributed by atoms with Crippen molar-refractivity contribution in [1.29, 1.82) is 0 Å². The summed E-state index contributed by atoms with van der Waals surface area (Å²) in [5.41, 5.74) is -0.702. The smallest absolute Gasteiger partial charge is 0.315 e. The molecule has 1 fully saturated rings. The summed E-state index contributed by atoms with van der Waals surface area (Å²) in [6.07, 6.45) is -2.42. The number of hydrogen-bond donors (Lipinski definition) is 1. The molecule has 1 aliphatic heterocycles. The molecule has 1 N–H and O–H groups in total. The van der Waals surface area contributed by atoms with Crippen molar-refractivity contribution in [1.82, 2.24) is 15.2 Å². The third-order valence-corrected chi connectivity index (χ3v) is 4.44. The Morgan fingerprint density at radius 2 is 2.14 bits per heavy atom. The van der Waals surface area contributed by atoms with Gasteiger partial charge in [0.2, 0.25) is 0 Å². The predicted octanol–water partition coefficient (Wildman–Crippen LogP) is 3.47. The topological polar surface area (TPSA) is 28.2 Å². The number of nitrogens with one attached hydrogen (secondary N) is 1. The Bertz CT molecular complexity index is 444. The number of rotatable bonds is 5. The number of alkyl halides is 3. The van der Waals surface area contributed by atoms with E-state index >= 15 is 0 Å². The van der Waals surface area contributed by atoms with Gasteiger partial charge in [-0.2, -0.15) is 13.2 Å². The summed E-state index contributed by atoms with van der Waals surface area (Å²) in [5, 5.41) is 3.75. The van der Waals surface area contributed by atoms with Gasteiger partial charge in [0, 0.05) is 19.1 Å². The first kappa shape index (κ1) is 18.7. The van der Waals surface area contributed by atoms with Crippen LogP contribution < -0.4 is 5.32 Å². The van der Waals surface area contributed by atoms with E-state index < -0.39 is 11.9 Å². The monoisotopic (exact) mass is 343 g/mol. The van der Waals surface area contributed by atoms with Gasteiger partial charge in [-0.3, -0.25) is 4.90 Å². The summed E-state index contributed by atoms with van der Waals surface area (Å²) < 4.78 is 39.0. The third-order valence-electron chi connectivity index (χ3n) is 3.48. The molecule has 0 saturated carbocycles. The molecule has 0 bridgehead atoms. The molecule has 0 spiro atoms. The number of halogens is 4. The Kier molecular flexibility index (Phi) is 6.90. The number of hydrogen-bond acceptors (Lipinski definition) is 4. The Balaban J connectivity index is 0.00000220. The summed E-state index contributed by atoms with van der Waals surface area (Å²) in [6.45, 7) is 6.65. The van der Waals surface area contributed by atoms with E-state index in [0.717, 1.165) is 43.8 Å². The highest BCUT2D eigenvalue weighted by molar-refractivity contribution is 7.11. The molecule has 21 heavy (non-hydrogen) atoms. The second kappa shape index (κ2) is 7.76. The lowest BCUT2D eigenvalue weighted by Gasteiger charge is -2.27. The molecule has 0 aromatic carbocycles. The van der Waals surface area contributed by atoms with E-state index in [9.17, 15) is 13.2 Å². The number of nitrogens with zero attached hydrogens (tertiary/aromatic N) is 2. The summed E-state index contributed by atoms with van der Waals surface area (Å²) in [7, 11) is 0. The van der Waals surface area contributed by atoms with E-state index in [-0.39, 0.29) is 12.4 Å². The molecule has 1 saturated heterocycles. The van der Waals surface area contributed by atoms with Crippen LogP contribution in [0, 0.1) is 6.92 Å². The molecule has 0 radical (unpaired) electrons. The lowest BCUT2D eigenvalue weighted by atomic mass is 10.2. The van der Waals surface area contributed by atoms with Crippen molar-refractivity contribution in [3.05, 3.63) is 15.6 Å². The van der Waals surface area contributed by atoms with Crippen LogP contribution in [0.2, 0.25) is 0 Å². The normalized spacial score (nSPS) is 19.0. The molecule has 2 heterocycles. The fourth-order valence-corrected chi connectivity index (χ4v) is 3.59. The highest BCUT2D eigenvalue weighted by Gasteiger charge is 2.37. The van der Waals surface area contributed by atoms with Crippen LogP contribution in [0.3, 0.4) is 0 Å². The Morgan fingerprint density at radius 3 is 2.67 bits per heavy atom. The molecule has 0 aliphatic carbocycles. The molecular weight excluding hydrogens is 323 g/mol. The van der Waals surface area contributed by atoms with Gasteiger partial charge in [0.1, 0.15) is 0 Å². The van der Waals surface area contributed by atoms with Gasteiger partial charge in [-0.15, -0.1) is 23.7 Å². The fourth-order valence-electron chi connectivity index (χ4n) is 2.61. The Hall–Kier alpha value is -0.370. The summed E-state index contributed by atoms with van der Waals surface area (Å²) in [6, 6.07) is 0.332. The molecule has 2 rings (SSSR count). The number of thiazole rings is 1. The van der Waals surface area contributed by atoms with Gasteiger partial charge in [0.05, 0.1) is 9.88 Å². The molecule has 1 aromatic heterocycles. The first-order valence-corrected chi connectivity index (χ1v) is 7.71. The minimum atomic E-state index is -4.36. The largest absolute Gasteiger partial charge is 0.434 e. The quantitative estimate of drug-likeness (QED) is 0.887. The summed E-state index contributed by atoms with van der Waals surface area (Å²) in [5.74, 6) is 0. The van der Waals surface area contributed by atoms with Crippen LogP contribution in [0.5, 0.6) is 0 Å². The minimum absolute atomic E-state index is 0. The van der Waals surface area contributed by atoms with Crippen molar-refractivity contribution in [2.45, 2.75) is 45.5 Å². The SMILES string of the molecule is CCCN(Cc1sc(C)nc1C(F)(F)F)C1CCNC1.Cl. The van der Waals surface area contributed by atoms with E-state index in [1.54, 1.807) is 6.92 Å². The zero-order valence-electron chi connectivity index (χ0n) is 12.2. The second-order valence-corrected chi connectivity index (χ2v) is 6.41. The third kappa shape index (κ3) is 4.81. The lowest BCUT2D eigenvalue weighted by Crippen LogP contribution is -2.37. The van der Waals surface area contributed by atoms with Crippen LogP contribution in [0.1, 0.15) is 35.3 Å². The second-order valence-electron chi connectivity index (χ2n) is 5.12. The average molecular weight is 344 g/mol. The zero-order chi connectivity index (χ0) is 14.8. The van der Waals surface area contributed by atoms with Gasteiger partial charge in [-0.1, -0.05) is 6.92 Å².